The summed E-state index contributed by atoms with van der Waals surface area (Å²) in [5, 5.41) is 3.78. The largest absolute Gasteiger partial charge is 0.496 e. The van der Waals surface area contributed by atoms with E-state index in [0.717, 1.165) is 29.9 Å². The highest BCUT2D eigenvalue weighted by Gasteiger charge is 2.16. The fraction of sp³-hybridized carbons (Fsp3) is 0.533. The number of thioether (sulfide) groups is 1. The van der Waals surface area contributed by atoms with Crippen LogP contribution in [0.3, 0.4) is 0 Å². The Labute approximate surface area is 129 Å². The summed E-state index contributed by atoms with van der Waals surface area (Å²) >= 11 is 7.57. The molecule has 5 heteroatoms. The Hall–Kier alpha value is -0.870. The van der Waals surface area contributed by atoms with Crippen molar-refractivity contribution in [2.75, 3.05) is 12.9 Å². The molecule has 1 aliphatic rings. The third kappa shape index (κ3) is 4.60. The number of carbonyl (C=O) groups excluding carboxylic acids is 1. The van der Waals surface area contributed by atoms with Gasteiger partial charge in [0.25, 0.3) is 0 Å². The number of halogens is 1. The molecule has 1 N–H and O–H groups in total. The van der Waals surface area contributed by atoms with Crippen molar-refractivity contribution >= 4 is 29.3 Å². The number of hydrogen-bond acceptors (Lipinski definition) is 3. The van der Waals surface area contributed by atoms with Crippen molar-refractivity contribution < 1.29 is 9.53 Å². The van der Waals surface area contributed by atoms with Gasteiger partial charge in [-0.15, -0.1) is 11.8 Å². The normalized spacial score (nSPS) is 15.3. The number of ether oxygens (including phenoxy) is 1. The molecule has 0 radical (unpaired) electrons. The maximum absolute atomic E-state index is 11.8. The molecule has 1 aromatic carbocycles. The van der Waals surface area contributed by atoms with Crippen molar-refractivity contribution in [3.63, 3.8) is 0 Å². The highest BCUT2D eigenvalue weighted by molar-refractivity contribution is 7.99. The lowest BCUT2D eigenvalue weighted by molar-refractivity contribution is -0.119. The Balaban J connectivity index is 1.77. The standard InChI is InChI=1S/C15H20ClNO2S/c1-19-14-7-6-12(16)8-11(14)9-20-10-15(18)17-13-4-2-3-5-13/h6-8,13H,2-5,9-10H2,1H3,(H,17,18). The second-order valence-electron chi connectivity index (χ2n) is 5.00. The third-order valence-corrected chi connectivity index (χ3v) is 4.67. The molecule has 1 fully saturated rings. The van der Waals surface area contributed by atoms with Gasteiger partial charge >= 0.3 is 0 Å². The van der Waals surface area contributed by atoms with Crippen LogP contribution in [0.5, 0.6) is 5.75 Å². The number of benzene rings is 1. The van der Waals surface area contributed by atoms with E-state index in [9.17, 15) is 4.79 Å². The molecule has 20 heavy (non-hydrogen) atoms. The highest BCUT2D eigenvalue weighted by atomic mass is 35.5. The summed E-state index contributed by atoms with van der Waals surface area (Å²) in [5.74, 6) is 2.15. The smallest absolute Gasteiger partial charge is 0.230 e. The fourth-order valence-corrected chi connectivity index (χ4v) is 3.46. The van der Waals surface area contributed by atoms with E-state index in [4.69, 9.17) is 16.3 Å². The first kappa shape index (κ1) is 15.5. The van der Waals surface area contributed by atoms with E-state index in [0.29, 0.717) is 16.8 Å². The van der Waals surface area contributed by atoms with Crippen molar-refractivity contribution in [3.05, 3.63) is 28.8 Å². The van der Waals surface area contributed by atoms with Gasteiger partial charge in [0.2, 0.25) is 5.91 Å². The summed E-state index contributed by atoms with van der Waals surface area (Å²) in [6.45, 7) is 0. The predicted molar refractivity (Wildman–Crippen MR) is 84.6 cm³/mol. The molecule has 0 bridgehead atoms. The summed E-state index contributed by atoms with van der Waals surface area (Å²) in [6.07, 6.45) is 4.71. The molecule has 0 aromatic heterocycles. The molecule has 1 aromatic rings. The number of carbonyl (C=O) groups is 1. The lowest BCUT2D eigenvalue weighted by Gasteiger charge is -2.12. The monoisotopic (exact) mass is 313 g/mol. The minimum atomic E-state index is 0.128. The van der Waals surface area contributed by atoms with Crippen molar-refractivity contribution in [1.29, 1.82) is 0 Å². The first-order valence-electron chi connectivity index (χ1n) is 6.88. The first-order chi connectivity index (χ1) is 9.69. The van der Waals surface area contributed by atoms with Crippen molar-refractivity contribution in [2.24, 2.45) is 0 Å². The van der Waals surface area contributed by atoms with Crippen LogP contribution in [-0.4, -0.2) is 24.8 Å². The Morgan fingerprint density at radius 1 is 1.45 bits per heavy atom. The minimum absolute atomic E-state index is 0.128. The molecule has 0 aliphatic heterocycles. The van der Waals surface area contributed by atoms with Crippen molar-refractivity contribution in [1.82, 2.24) is 5.32 Å². The van der Waals surface area contributed by atoms with Crippen LogP contribution in [0.25, 0.3) is 0 Å². The highest BCUT2D eigenvalue weighted by Crippen LogP contribution is 2.26. The van der Waals surface area contributed by atoms with E-state index in [1.165, 1.54) is 12.8 Å². The van der Waals surface area contributed by atoms with E-state index in [2.05, 4.69) is 5.32 Å². The second kappa shape index (κ2) is 7.79. The van der Waals surface area contributed by atoms with E-state index in [-0.39, 0.29) is 5.91 Å². The minimum Gasteiger partial charge on any atom is -0.496 e. The molecule has 1 saturated carbocycles. The molecule has 0 unspecified atom stereocenters. The van der Waals surface area contributed by atoms with Crippen molar-refractivity contribution in [2.45, 2.75) is 37.5 Å². The SMILES string of the molecule is COc1ccc(Cl)cc1CSCC(=O)NC1CCCC1. The van der Waals surface area contributed by atoms with E-state index < -0.39 is 0 Å². The van der Waals surface area contributed by atoms with Gasteiger partial charge in [0.05, 0.1) is 12.9 Å². The number of nitrogens with one attached hydrogen (secondary N) is 1. The van der Waals surface area contributed by atoms with Gasteiger partial charge in [-0.3, -0.25) is 4.79 Å². The van der Waals surface area contributed by atoms with E-state index in [1.54, 1.807) is 24.9 Å². The summed E-state index contributed by atoms with van der Waals surface area (Å²) < 4.78 is 5.29. The maximum atomic E-state index is 11.8. The van der Waals surface area contributed by atoms with E-state index in [1.807, 2.05) is 12.1 Å². The second-order valence-corrected chi connectivity index (χ2v) is 6.42. The van der Waals surface area contributed by atoms with Gasteiger partial charge in [-0.1, -0.05) is 24.4 Å². The zero-order valence-electron chi connectivity index (χ0n) is 11.7. The average Bonchev–Trinajstić information content (AvgIpc) is 2.92. The van der Waals surface area contributed by atoms with Gasteiger partial charge in [-0.25, -0.2) is 0 Å². The molecular weight excluding hydrogens is 294 g/mol. The maximum Gasteiger partial charge on any atom is 0.230 e. The summed E-state index contributed by atoms with van der Waals surface area (Å²) in [7, 11) is 1.64. The molecule has 110 valence electrons. The lowest BCUT2D eigenvalue weighted by atomic mass is 10.2. The number of hydrogen-bond donors (Lipinski definition) is 1. The Morgan fingerprint density at radius 3 is 2.90 bits per heavy atom. The molecule has 3 nitrogen and oxygen atoms in total. The Bertz CT molecular complexity index is 461. The molecule has 0 saturated heterocycles. The molecule has 1 amide bonds. The van der Waals surface area contributed by atoms with Gasteiger partial charge in [0.15, 0.2) is 0 Å². The summed E-state index contributed by atoms with van der Waals surface area (Å²) in [4.78, 5) is 11.8. The van der Waals surface area contributed by atoms with Gasteiger partial charge in [-0.2, -0.15) is 0 Å². The van der Waals surface area contributed by atoms with Gasteiger partial charge in [-0.05, 0) is 31.0 Å². The van der Waals surface area contributed by atoms with Gasteiger partial charge < -0.3 is 10.1 Å². The topological polar surface area (TPSA) is 38.3 Å². The Morgan fingerprint density at radius 2 is 2.20 bits per heavy atom. The molecule has 0 atom stereocenters. The van der Waals surface area contributed by atoms with Crippen molar-refractivity contribution in [3.8, 4) is 5.75 Å². The summed E-state index contributed by atoms with van der Waals surface area (Å²) in [6, 6.07) is 5.95. The molecular formula is C15H20ClNO2S. The number of amides is 1. The summed E-state index contributed by atoms with van der Waals surface area (Å²) in [5.41, 5.74) is 1.03. The quantitative estimate of drug-likeness (QED) is 0.871. The van der Waals surface area contributed by atoms with Crippen LogP contribution in [0.15, 0.2) is 18.2 Å². The van der Waals surface area contributed by atoms with Crippen LogP contribution in [0.1, 0.15) is 31.2 Å². The van der Waals surface area contributed by atoms with Crippen LogP contribution in [0, 0.1) is 0 Å². The van der Waals surface area contributed by atoms with Crippen LogP contribution in [-0.2, 0) is 10.5 Å². The lowest BCUT2D eigenvalue weighted by Crippen LogP contribution is -2.33. The molecule has 0 spiro atoms. The average molecular weight is 314 g/mol. The third-order valence-electron chi connectivity index (χ3n) is 3.45. The first-order valence-corrected chi connectivity index (χ1v) is 8.42. The molecule has 0 heterocycles. The van der Waals surface area contributed by atoms with Crippen LogP contribution in [0.4, 0.5) is 0 Å². The Kier molecular flexibility index (Phi) is 6.05. The van der Waals surface area contributed by atoms with Gasteiger partial charge in [0, 0.05) is 22.4 Å². The molecule has 2 rings (SSSR count). The predicted octanol–water partition coefficient (Wildman–Crippen LogP) is 3.64. The zero-order valence-corrected chi connectivity index (χ0v) is 13.2. The zero-order chi connectivity index (χ0) is 14.4. The van der Waals surface area contributed by atoms with Crippen LogP contribution >= 0.6 is 23.4 Å². The fourth-order valence-electron chi connectivity index (χ4n) is 2.45. The number of methoxy groups -OCH3 is 1. The van der Waals surface area contributed by atoms with E-state index >= 15 is 0 Å². The molecule has 1 aliphatic carbocycles. The number of rotatable bonds is 6. The van der Waals surface area contributed by atoms with Crippen LogP contribution in [0.2, 0.25) is 5.02 Å². The van der Waals surface area contributed by atoms with Gasteiger partial charge in [0.1, 0.15) is 5.75 Å². The van der Waals surface area contributed by atoms with Crippen LogP contribution < -0.4 is 10.1 Å².